The number of aromatic nitrogens is 1. The Labute approximate surface area is 186 Å². The Kier molecular flexibility index (Phi) is 7.78. The molecule has 31 heavy (non-hydrogen) atoms. The SMILES string of the molecule is COc1ccc(CC(=O)Nc2nc(-c3ccc(CCC(C)NC(C)=O)cc3)cs2)cc1. The van der Waals surface area contributed by atoms with Gasteiger partial charge in [-0.3, -0.25) is 9.59 Å². The maximum absolute atomic E-state index is 12.3. The van der Waals surface area contributed by atoms with Gasteiger partial charge >= 0.3 is 0 Å². The van der Waals surface area contributed by atoms with E-state index >= 15 is 0 Å². The van der Waals surface area contributed by atoms with Crippen molar-refractivity contribution in [1.82, 2.24) is 10.3 Å². The minimum absolute atomic E-state index is 0.00160. The van der Waals surface area contributed by atoms with Gasteiger partial charge in [0, 0.05) is 23.9 Å². The lowest BCUT2D eigenvalue weighted by Gasteiger charge is -2.12. The van der Waals surface area contributed by atoms with Crippen molar-refractivity contribution in [2.75, 3.05) is 12.4 Å². The fourth-order valence-electron chi connectivity index (χ4n) is 3.20. The fraction of sp³-hybridized carbons (Fsp3) is 0.292. The van der Waals surface area contributed by atoms with Gasteiger partial charge in [-0.05, 0) is 43.0 Å². The van der Waals surface area contributed by atoms with Gasteiger partial charge < -0.3 is 15.4 Å². The summed E-state index contributed by atoms with van der Waals surface area (Å²) in [6, 6.07) is 15.8. The van der Waals surface area contributed by atoms with Crippen LogP contribution in [0, 0.1) is 0 Å². The molecule has 0 aliphatic heterocycles. The summed E-state index contributed by atoms with van der Waals surface area (Å²) < 4.78 is 5.14. The van der Waals surface area contributed by atoms with E-state index in [1.165, 1.54) is 23.8 Å². The summed E-state index contributed by atoms with van der Waals surface area (Å²) in [5.41, 5.74) is 3.97. The molecular formula is C24H27N3O3S. The molecule has 2 aromatic carbocycles. The Morgan fingerprint density at radius 2 is 1.74 bits per heavy atom. The lowest BCUT2D eigenvalue weighted by molar-refractivity contribution is -0.119. The molecule has 3 rings (SSSR count). The molecule has 0 saturated carbocycles. The highest BCUT2D eigenvalue weighted by molar-refractivity contribution is 7.14. The molecule has 162 valence electrons. The van der Waals surface area contributed by atoms with Crippen LogP contribution in [0.2, 0.25) is 0 Å². The number of benzene rings is 2. The summed E-state index contributed by atoms with van der Waals surface area (Å²) in [5.74, 6) is 0.662. The zero-order valence-electron chi connectivity index (χ0n) is 18.0. The minimum atomic E-state index is -0.102. The number of rotatable bonds is 9. The maximum Gasteiger partial charge on any atom is 0.230 e. The molecule has 1 atom stereocenters. The van der Waals surface area contributed by atoms with Crippen LogP contribution in [0.25, 0.3) is 11.3 Å². The van der Waals surface area contributed by atoms with Crippen LogP contribution in [-0.2, 0) is 22.4 Å². The van der Waals surface area contributed by atoms with Crippen molar-refractivity contribution in [1.29, 1.82) is 0 Å². The van der Waals surface area contributed by atoms with E-state index < -0.39 is 0 Å². The first-order valence-corrected chi connectivity index (χ1v) is 11.1. The number of hydrogen-bond donors (Lipinski definition) is 2. The molecule has 6 nitrogen and oxygen atoms in total. The number of amides is 2. The highest BCUT2D eigenvalue weighted by Gasteiger charge is 2.10. The normalized spacial score (nSPS) is 11.6. The Bertz CT molecular complexity index is 1010. The van der Waals surface area contributed by atoms with Gasteiger partial charge in [0.25, 0.3) is 0 Å². The van der Waals surface area contributed by atoms with Crippen LogP contribution in [0.15, 0.2) is 53.9 Å². The Morgan fingerprint density at radius 1 is 1.06 bits per heavy atom. The molecule has 0 aliphatic carbocycles. The van der Waals surface area contributed by atoms with E-state index in [0.29, 0.717) is 5.13 Å². The number of thiazole rings is 1. The second-order valence-corrected chi connectivity index (χ2v) is 8.31. The van der Waals surface area contributed by atoms with Crippen LogP contribution in [0.4, 0.5) is 5.13 Å². The van der Waals surface area contributed by atoms with Crippen molar-refractivity contribution >= 4 is 28.3 Å². The van der Waals surface area contributed by atoms with Crippen LogP contribution >= 0.6 is 11.3 Å². The number of carbonyl (C=O) groups excluding carboxylic acids is 2. The highest BCUT2D eigenvalue weighted by atomic mass is 32.1. The number of nitrogens with zero attached hydrogens (tertiary/aromatic N) is 1. The van der Waals surface area contributed by atoms with Crippen molar-refractivity contribution < 1.29 is 14.3 Å². The molecule has 0 aliphatic rings. The lowest BCUT2D eigenvalue weighted by Crippen LogP contribution is -2.30. The number of hydrogen-bond acceptors (Lipinski definition) is 5. The molecule has 3 aromatic rings. The van der Waals surface area contributed by atoms with Gasteiger partial charge in [0.05, 0.1) is 19.2 Å². The first kappa shape index (κ1) is 22.5. The number of anilines is 1. The summed E-state index contributed by atoms with van der Waals surface area (Å²) in [7, 11) is 1.62. The third-order valence-corrected chi connectivity index (χ3v) is 5.60. The Balaban J connectivity index is 1.53. The molecule has 0 fully saturated rings. The van der Waals surface area contributed by atoms with Crippen LogP contribution in [0.3, 0.4) is 0 Å². The second kappa shape index (κ2) is 10.7. The number of ether oxygens (including phenoxy) is 1. The standard InChI is InChI=1S/C24H27N3O3S/c1-16(25-17(2)28)4-5-18-6-10-20(11-7-18)22-15-31-24(26-22)27-23(29)14-19-8-12-21(30-3)13-9-19/h6-13,15-16H,4-5,14H2,1-3H3,(H,25,28)(H,26,27,29). The van der Waals surface area contributed by atoms with E-state index in [9.17, 15) is 9.59 Å². The molecular weight excluding hydrogens is 410 g/mol. The second-order valence-electron chi connectivity index (χ2n) is 7.45. The number of aryl methyl sites for hydroxylation is 1. The predicted molar refractivity (Wildman–Crippen MR) is 124 cm³/mol. The summed E-state index contributed by atoms with van der Waals surface area (Å²) >= 11 is 1.41. The van der Waals surface area contributed by atoms with Gasteiger partial charge in [0.1, 0.15) is 5.75 Å². The van der Waals surface area contributed by atoms with Crippen LogP contribution in [0.5, 0.6) is 5.75 Å². The van der Waals surface area contributed by atoms with Gasteiger partial charge in [-0.15, -0.1) is 11.3 Å². The van der Waals surface area contributed by atoms with Crippen LogP contribution < -0.4 is 15.4 Å². The van der Waals surface area contributed by atoms with Crippen molar-refractivity contribution in [2.45, 2.75) is 39.2 Å². The van der Waals surface area contributed by atoms with Crippen molar-refractivity contribution in [3.05, 3.63) is 65.0 Å². The zero-order valence-corrected chi connectivity index (χ0v) is 18.8. The smallest absolute Gasteiger partial charge is 0.230 e. The molecule has 7 heteroatoms. The van der Waals surface area contributed by atoms with E-state index in [2.05, 4.69) is 27.8 Å². The molecule has 2 N–H and O–H groups in total. The molecule has 0 saturated heterocycles. The van der Waals surface area contributed by atoms with Gasteiger partial charge in [0.15, 0.2) is 5.13 Å². The monoisotopic (exact) mass is 437 g/mol. The van der Waals surface area contributed by atoms with E-state index in [1.54, 1.807) is 7.11 Å². The summed E-state index contributed by atoms with van der Waals surface area (Å²) in [5, 5.41) is 8.30. The molecule has 1 heterocycles. The number of nitrogens with one attached hydrogen (secondary N) is 2. The topological polar surface area (TPSA) is 80.3 Å². The summed E-state index contributed by atoms with van der Waals surface area (Å²) in [6.07, 6.45) is 2.07. The molecule has 0 bridgehead atoms. The highest BCUT2D eigenvalue weighted by Crippen LogP contribution is 2.25. The van der Waals surface area contributed by atoms with Crippen LogP contribution in [0.1, 0.15) is 31.4 Å². The molecule has 1 aromatic heterocycles. The number of carbonyl (C=O) groups is 2. The lowest BCUT2D eigenvalue weighted by atomic mass is 10.0. The van der Waals surface area contributed by atoms with Gasteiger partial charge in [0.2, 0.25) is 11.8 Å². The first-order valence-electron chi connectivity index (χ1n) is 10.2. The largest absolute Gasteiger partial charge is 0.497 e. The van der Waals surface area contributed by atoms with E-state index in [1.807, 2.05) is 48.7 Å². The third kappa shape index (κ3) is 6.93. The van der Waals surface area contributed by atoms with Gasteiger partial charge in [-0.1, -0.05) is 36.4 Å². The van der Waals surface area contributed by atoms with Gasteiger partial charge in [-0.2, -0.15) is 0 Å². The van der Waals surface area contributed by atoms with E-state index in [0.717, 1.165) is 35.4 Å². The minimum Gasteiger partial charge on any atom is -0.497 e. The average molecular weight is 438 g/mol. The van der Waals surface area contributed by atoms with Gasteiger partial charge in [-0.25, -0.2) is 4.98 Å². The quantitative estimate of drug-likeness (QED) is 0.518. The Morgan fingerprint density at radius 3 is 2.39 bits per heavy atom. The predicted octanol–water partition coefficient (Wildman–Crippen LogP) is 4.46. The van der Waals surface area contributed by atoms with E-state index in [4.69, 9.17) is 4.74 Å². The average Bonchev–Trinajstić information content (AvgIpc) is 3.21. The molecule has 0 spiro atoms. The number of methoxy groups -OCH3 is 1. The molecule has 2 amide bonds. The summed E-state index contributed by atoms with van der Waals surface area (Å²) in [4.78, 5) is 28.0. The maximum atomic E-state index is 12.3. The zero-order chi connectivity index (χ0) is 22.2. The third-order valence-electron chi connectivity index (χ3n) is 4.84. The van der Waals surface area contributed by atoms with Crippen molar-refractivity contribution in [2.24, 2.45) is 0 Å². The fourth-order valence-corrected chi connectivity index (χ4v) is 3.94. The van der Waals surface area contributed by atoms with Crippen molar-refractivity contribution in [3.8, 4) is 17.0 Å². The molecule has 1 unspecified atom stereocenters. The summed E-state index contributed by atoms with van der Waals surface area (Å²) in [6.45, 7) is 3.55. The molecule has 0 radical (unpaired) electrons. The van der Waals surface area contributed by atoms with Crippen molar-refractivity contribution in [3.63, 3.8) is 0 Å². The first-order chi connectivity index (χ1) is 14.9. The van der Waals surface area contributed by atoms with E-state index in [-0.39, 0.29) is 24.3 Å². The Hall–Kier alpha value is -3.19. The van der Waals surface area contributed by atoms with Crippen LogP contribution in [-0.4, -0.2) is 29.9 Å².